The number of hydrogen-bond donors (Lipinski definition) is 0. The molecule has 0 heterocycles. The third-order valence-electron chi connectivity index (χ3n) is 5.72. The van der Waals surface area contributed by atoms with E-state index in [4.69, 9.17) is 4.74 Å². The maximum Gasteiger partial charge on any atom is 0.338 e. The summed E-state index contributed by atoms with van der Waals surface area (Å²) in [6.45, 7) is 4.37. The Labute approximate surface area is 161 Å². The minimum Gasteiger partial charge on any atom is -0.462 e. The normalized spacial score (nSPS) is 19.7. The minimum atomic E-state index is -0.349. The van der Waals surface area contributed by atoms with Crippen LogP contribution < -0.4 is 0 Å². The second kappa shape index (κ2) is 9.16. The summed E-state index contributed by atoms with van der Waals surface area (Å²) in [6.07, 6.45) is 7.43. The van der Waals surface area contributed by atoms with Crippen LogP contribution in [-0.4, -0.2) is 12.6 Å². The summed E-state index contributed by atoms with van der Waals surface area (Å²) in [5.41, 5.74) is 2.96. The van der Waals surface area contributed by atoms with Crippen LogP contribution in [0.15, 0.2) is 42.5 Å². The molecule has 0 N–H and O–H groups in total. The van der Waals surface area contributed by atoms with Crippen molar-refractivity contribution in [1.29, 1.82) is 0 Å². The molecule has 3 rings (SSSR count). The molecule has 2 aromatic rings. The predicted molar refractivity (Wildman–Crippen MR) is 107 cm³/mol. The first-order valence-corrected chi connectivity index (χ1v) is 10.2. The number of hydrogen-bond acceptors (Lipinski definition) is 2. The van der Waals surface area contributed by atoms with Crippen LogP contribution in [-0.2, 0) is 4.74 Å². The molecule has 0 radical (unpaired) electrons. The van der Waals surface area contributed by atoms with Crippen molar-refractivity contribution >= 4 is 5.97 Å². The summed E-state index contributed by atoms with van der Waals surface area (Å²) in [5.74, 6) is 0.798. The third-order valence-corrected chi connectivity index (χ3v) is 5.72. The first kappa shape index (κ1) is 19.6. The van der Waals surface area contributed by atoms with Gasteiger partial charge in [-0.2, -0.15) is 0 Å². The molecule has 27 heavy (non-hydrogen) atoms. The molecule has 0 unspecified atom stereocenters. The van der Waals surface area contributed by atoms with Crippen LogP contribution in [0.1, 0.15) is 74.2 Å². The number of halogens is 1. The summed E-state index contributed by atoms with van der Waals surface area (Å²) in [6, 6.07) is 12.6. The van der Waals surface area contributed by atoms with Crippen molar-refractivity contribution in [2.75, 3.05) is 6.61 Å². The zero-order valence-electron chi connectivity index (χ0n) is 16.3. The van der Waals surface area contributed by atoms with Crippen molar-refractivity contribution in [1.82, 2.24) is 0 Å². The zero-order chi connectivity index (χ0) is 19.2. The van der Waals surface area contributed by atoms with Crippen molar-refractivity contribution in [2.45, 2.75) is 58.3 Å². The molecule has 1 fully saturated rings. The fraction of sp³-hybridized carbons (Fsp3) is 0.458. The predicted octanol–water partition coefficient (Wildman–Crippen LogP) is 6.74. The van der Waals surface area contributed by atoms with E-state index in [-0.39, 0.29) is 11.8 Å². The highest BCUT2D eigenvalue weighted by atomic mass is 19.1. The first-order chi connectivity index (χ1) is 13.1. The molecular formula is C24H29FO2. The Morgan fingerprint density at radius 1 is 1.04 bits per heavy atom. The van der Waals surface area contributed by atoms with Crippen LogP contribution in [0.5, 0.6) is 0 Å². The van der Waals surface area contributed by atoms with Gasteiger partial charge in [0.15, 0.2) is 0 Å². The van der Waals surface area contributed by atoms with E-state index >= 15 is 0 Å². The lowest BCUT2D eigenvalue weighted by molar-refractivity contribution is 0.0526. The number of ether oxygens (including phenoxy) is 1. The average molecular weight is 368 g/mol. The third kappa shape index (κ3) is 4.77. The van der Waals surface area contributed by atoms with Gasteiger partial charge in [0.1, 0.15) is 5.82 Å². The quantitative estimate of drug-likeness (QED) is 0.528. The van der Waals surface area contributed by atoms with E-state index in [0.717, 1.165) is 29.9 Å². The summed E-state index contributed by atoms with van der Waals surface area (Å²) in [7, 11) is 0. The van der Waals surface area contributed by atoms with Crippen LogP contribution in [0.25, 0.3) is 11.1 Å². The van der Waals surface area contributed by atoms with Gasteiger partial charge in [-0.15, -0.1) is 0 Å². The Morgan fingerprint density at radius 3 is 2.33 bits per heavy atom. The van der Waals surface area contributed by atoms with Gasteiger partial charge in [0.2, 0.25) is 0 Å². The lowest BCUT2D eigenvalue weighted by Gasteiger charge is -2.28. The van der Waals surface area contributed by atoms with E-state index in [1.54, 1.807) is 37.3 Å². The monoisotopic (exact) mass is 368 g/mol. The van der Waals surface area contributed by atoms with Gasteiger partial charge < -0.3 is 4.74 Å². The summed E-state index contributed by atoms with van der Waals surface area (Å²) >= 11 is 0. The van der Waals surface area contributed by atoms with E-state index in [1.165, 1.54) is 25.7 Å². The van der Waals surface area contributed by atoms with E-state index < -0.39 is 0 Å². The van der Waals surface area contributed by atoms with E-state index in [2.05, 4.69) is 13.0 Å². The van der Waals surface area contributed by atoms with E-state index in [1.807, 2.05) is 6.07 Å². The molecule has 2 aromatic carbocycles. The van der Waals surface area contributed by atoms with Gasteiger partial charge >= 0.3 is 5.97 Å². The average Bonchev–Trinajstić information content (AvgIpc) is 2.69. The molecule has 0 aliphatic heterocycles. The standard InChI is InChI=1S/C24H29FO2/c1-3-5-17-6-8-18(9-7-17)21-14-15-22(23(25)16-21)19-10-12-20(13-11-19)24(26)27-4-2/h10-18H,3-9H2,1-2H3/t17-,18-. The lowest BCUT2D eigenvalue weighted by atomic mass is 9.77. The van der Waals surface area contributed by atoms with Gasteiger partial charge in [-0.3, -0.25) is 0 Å². The van der Waals surface area contributed by atoms with Crippen molar-refractivity contribution in [3.63, 3.8) is 0 Å². The van der Waals surface area contributed by atoms with Crippen LogP contribution >= 0.6 is 0 Å². The summed E-state index contributed by atoms with van der Waals surface area (Å²) in [5, 5.41) is 0. The van der Waals surface area contributed by atoms with Crippen molar-refractivity contribution in [3.8, 4) is 11.1 Å². The van der Waals surface area contributed by atoms with Gasteiger partial charge in [0, 0.05) is 5.56 Å². The number of rotatable bonds is 6. The molecule has 0 saturated heterocycles. The summed E-state index contributed by atoms with van der Waals surface area (Å²) in [4.78, 5) is 11.7. The van der Waals surface area contributed by atoms with Gasteiger partial charge in [0.25, 0.3) is 0 Å². The van der Waals surface area contributed by atoms with Crippen LogP contribution in [0.3, 0.4) is 0 Å². The largest absolute Gasteiger partial charge is 0.462 e. The Morgan fingerprint density at radius 2 is 1.74 bits per heavy atom. The lowest BCUT2D eigenvalue weighted by Crippen LogP contribution is -2.13. The highest BCUT2D eigenvalue weighted by molar-refractivity contribution is 5.90. The fourth-order valence-electron chi connectivity index (χ4n) is 4.21. The maximum absolute atomic E-state index is 14.8. The van der Waals surface area contributed by atoms with Gasteiger partial charge in [0.05, 0.1) is 12.2 Å². The van der Waals surface area contributed by atoms with Crippen LogP contribution in [0.2, 0.25) is 0 Å². The first-order valence-electron chi connectivity index (χ1n) is 10.2. The highest BCUT2D eigenvalue weighted by Crippen LogP contribution is 2.38. The second-order valence-corrected chi connectivity index (χ2v) is 7.54. The molecule has 0 amide bonds. The van der Waals surface area contributed by atoms with Crippen molar-refractivity contribution in [2.24, 2.45) is 5.92 Å². The summed E-state index contributed by atoms with van der Waals surface area (Å²) < 4.78 is 19.8. The van der Waals surface area contributed by atoms with Gasteiger partial charge in [-0.25, -0.2) is 9.18 Å². The number of benzene rings is 2. The van der Waals surface area contributed by atoms with E-state index in [9.17, 15) is 9.18 Å². The minimum absolute atomic E-state index is 0.188. The Kier molecular flexibility index (Phi) is 6.65. The molecule has 1 saturated carbocycles. The number of carbonyl (C=O) groups is 1. The molecule has 144 valence electrons. The molecule has 1 aliphatic rings. The Balaban J connectivity index is 1.71. The molecule has 0 spiro atoms. The van der Waals surface area contributed by atoms with Crippen LogP contribution in [0, 0.1) is 11.7 Å². The smallest absolute Gasteiger partial charge is 0.338 e. The van der Waals surface area contributed by atoms with Gasteiger partial charge in [-0.1, -0.05) is 44.0 Å². The van der Waals surface area contributed by atoms with Gasteiger partial charge in [-0.05, 0) is 73.8 Å². The topological polar surface area (TPSA) is 26.3 Å². The van der Waals surface area contributed by atoms with E-state index in [0.29, 0.717) is 23.7 Å². The molecule has 2 nitrogen and oxygen atoms in total. The SMILES string of the molecule is CCC[C@H]1CC[C@H](c2ccc(-c3ccc(C(=O)OCC)cc3)c(F)c2)CC1. The Hall–Kier alpha value is -2.16. The molecule has 0 atom stereocenters. The second-order valence-electron chi connectivity index (χ2n) is 7.54. The molecular weight excluding hydrogens is 339 g/mol. The van der Waals surface area contributed by atoms with Crippen molar-refractivity contribution in [3.05, 3.63) is 59.4 Å². The number of esters is 1. The molecule has 0 aromatic heterocycles. The molecule has 3 heteroatoms. The van der Waals surface area contributed by atoms with Crippen molar-refractivity contribution < 1.29 is 13.9 Å². The molecule has 0 bridgehead atoms. The van der Waals surface area contributed by atoms with Crippen LogP contribution in [0.4, 0.5) is 4.39 Å². The fourth-order valence-corrected chi connectivity index (χ4v) is 4.21. The highest BCUT2D eigenvalue weighted by Gasteiger charge is 2.22. The zero-order valence-corrected chi connectivity index (χ0v) is 16.3. The molecule has 1 aliphatic carbocycles. The maximum atomic E-state index is 14.8. The number of carbonyl (C=O) groups excluding carboxylic acids is 1. The Bertz CT molecular complexity index is 758.